The number of rotatable bonds is 8. The number of urea groups is 1. The van der Waals surface area contributed by atoms with Gasteiger partial charge in [-0.3, -0.25) is 0 Å². The van der Waals surface area contributed by atoms with Gasteiger partial charge in [0.15, 0.2) is 0 Å². The maximum Gasteiger partial charge on any atom is 0.318 e. The topological polar surface area (TPSA) is 49.7 Å². The van der Waals surface area contributed by atoms with Crippen LogP contribution in [0, 0.1) is 5.92 Å². The Hall–Kier alpha value is -2.54. The molecular formula is C24H35FN4O2. The van der Waals surface area contributed by atoms with Crippen molar-refractivity contribution in [2.45, 2.75) is 45.6 Å². The number of nitrogens with zero attached hydrogens (tertiary/aromatic N) is 3. The summed E-state index contributed by atoms with van der Waals surface area (Å²) in [6, 6.07) is 9.04. The van der Waals surface area contributed by atoms with Gasteiger partial charge in [0.2, 0.25) is 0 Å². The van der Waals surface area contributed by atoms with Gasteiger partial charge in [0, 0.05) is 45.6 Å². The SMILES string of the molecule is CC(C)COc1ccc(CNC(=O)N(Cc2ccn(C)c2)[C@@H]2CCN(C)C[C@@H]2F)cc1. The summed E-state index contributed by atoms with van der Waals surface area (Å²) in [6.07, 6.45) is 3.47. The highest BCUT2D eigenvalue weighted by molar-refractivity contribution is 5.74. The number of carbonyl (C=O) groups excluding carboxylic acids is 1. The number of carbonyl (C=O) groups is 1. The fraction of sp³-hybridized carbons (Fsp3) is 0.542. The van der Waals surface area contributed by atoms with Gasteiger partial charge in [-0.15, -0.1) is 0 Å². The average Bonchev–Trinajstić information content (AvgIpc) is 3.14. The normalized spacial score (nSPS) is 19.4. The molecule has 3 rings (SSSR count). The van der Waals surface area contributed by atoms with Crippen LogP contribution in [0.3, 0.4) is 0 Å². The van der Waals surface area contributed by atoms with Crippen molar-refractivity contribution in [1.82, 2.24) is 19.7 Å². The van der Waals surface area contributed by atoms with Crippen LogP contribution >= 0.6 is 0 Å². The van der Waals surface area contributed by atoms with Crippen molar-refractivity contribution in [2.75, 3.05) is 26.7 Å². The van der Waals surface area contributed by atoms with Crippen LogP contribution in [0.4, 0.5) is 9.18 Å². The quantitative estimate of drug-likeness (QED) is 0.693. The number of hydrogen-bond acceptors (Lipinski definition) is 3. The van der Waals surface area contributed by atoms with E-state index in [9.17, 15) is 9.18 Å². The summed E-state index contributed by atoms with van der Waals surface area (Å²) in [5, 5.41) is 2.98. The highest BCUT2D eigenvalue weighted by Gasteiger charge is 2.35. The largest absolute Gasteiger partial charge is 0.493 e. The molecule has 0 saturated carbocycles. The Morgan fingerprint density at radius 2 is 1.97 bits per heavy atom. The molecule has 31 heavy (non-hydrogen) atoms. The van der Waals surface area contributed by atoms with Crippen LogP contribution in [0.15, 0.2) is 42.7 Å². The van der Waals surface area contributed by atoms with Crippen molar-refractivity contribution in [3.63, 3.8) is 0 Å². The van der Waals surface area contributed by atoms with Crippen molar-refractivity contribution in [2.24, 2.45) is 13.0 Å². The van der Waals surface area contributed by atoms with E-state index in [4.69, 9.17) is 4.74 Å². The number of ether oxygens (including phenoxy) is 1. The molecule has 0 radical (unpaired) electrons. The molecule has 2 atom stereocenters. The number of nitrogens with one attached hydrogen (secondary N) is 1. The molecule has 0 spiro atoms. The van der Waals surface area contributed by atoms with E-state index < -0.39 is 12.2 Å². The minimum Gasteiger partial charge on any atom is -0.493 e. The number of likely N-dealkylation sites (tertiary alicyclic amines) is 1. The van der Waals surface area contributed by atoms with Crippen molar-refractivity contribution >= 4 is 6.03 Å². The Kier molecular flexibility index (Phi) is 7.96. The minimum absolute atomic E-state index is 0.235. The highest BCUT2D eigenvalue weighted by Crippen LogP contribution is 2.22. The van der Waals surface area contributed by atoms with E-state index in [0.717, 1.165) is 23.4 Å². The highest BCUT2D eigenvalue weighted by atomic mass is 19.1. The first-order chi connectivity index (χ1) is 14.8. The van der Waals surface area contributed by atoms with Crippen LogP contribution in [0.2, 0.25) is 0 Å². The molecule has 2 aromatic rings. The molecule has 1 fully saturated rings. The second-order valence-electron chi connectivity index (χ2n) is 8.95. The first-order valence-electron chi connectivity index (χ1n) is 11.0. The summed E-state index contributed by atoms with van der Waals surface area (Å²) < 4.78 is 22.5. The predicted molar refractivity (Wildman–Crippen MR) is 121 cm³/mol. The third-order valence-corrected chi connectivity index (χ3v) is 5.57. The van der Waals surface area contributed by atoms with Gasteiger partial charge in [-0.25, -0.2) is 9.18 Å². The maximum atomic E-state index is 14.9. The van der Waals surface area contributed by atoms with Crippen LogP contribution < -0.4 is 10.1 Å². The number of alkyl halides is 1. The molecule has 1 aromatic heterocycles. The van der Waals surface area contributed by atoms with Crippen LogP contribution in [-0.4, -0.2) is 59.4 Å². The number of aromatic nitrogens is 1. The molecule has 0 unspecified atom stereocenters. The molecule has 1 N–H and O–H groups in total. The maximum absolute atomic E-state index is 14.9. The van der Waals surface area contributed by atoms with E-state index >= 15 is 0 Å². The Morgan fingerprint density at radius 3 is 2.58 bits per heavy atom. The van der Waals surface area contributed by atoms with Crippen molar-refractivity contribution in [3.8, 4) is 5.75 Å². The second kappa shape index (κ2) is 10.7. The van der Waals surface area contributed by atoms with E-state index in [1.807, 2.05) is 66.3 Å². The molecule has 170 valence electrons. The molecule has 6 nitrogen and oxygen atoms in total. The lowest BCUT2D eigenvalue weighted by atomic mass is 10.0. The van der Waals surface area contributed by atoms with Crippen LogP contribution in [-0.2, 0) is 20.1 Å². The van der Waals surface area contributed by atoms with Gasteiger partial charge in [0.05, 0.1) is 12.6 Å². The molecule has 1 saturated heterocycles. The molecule has 1 aromatic carbocycles. The Morgan fingerprint density at radius 1 is 1.23 bits per heavy atom. The molecular weight excluding hydrogens is 395 g/mol. The lowest BCUT2D eigenvalue weighted by Gasteiger charge is -2.39. The zero-order valence-electron chi connectivity index (χ0n) is 19.1. The lowest BCUT2D eigenvalue weighted by molar-refractivity contribution is 0.0571. The third kappa shape index (κ3) is 6.72. The third-order valence-electron chi connectivity index (χ3n) is 5.57. The van der Waals surface area contributed by atoms with E-state index in [2.05, 4.69) is 19.2 Å². The van der Waals surface area contributed by atoms with Gasteiger partial charge in [-0.05, 0) is 48.7 Å². The average molecular weight is 431 g/mol. The van der Waals surface area contributed by atoms with Crippen molar-refractivity contribution in [3.05, 3.63) is 53.9 Å². The predicted octanol–water partition coefficient (Wildman–Crippen LogP) is 3.81. The summed E-state index contributed by atoms with van der Waals surface area (Å²) in [4.78, 5) is 16.7. The first-order valence-corrected chi connectivity index (χ1v) is 11.0. The summed E-state index contributed by atoms with van der Waals surface area (Å²) in [5.74, 6) is 1.29. The van der Waals surface area contributed by atoms with Gasteiger partial charge >= 0.3 is 6.03 Å². The number of piperidine rings is 1. The van der Waals surface area contributed by atoms with Crippen LogP contribution in [0.25, 0.3) is 0 Å². The number of hydrogen-bond donors (Lipinski definition) is 1. The van der Waals surface area contributed by atoms with E-state index in [1.165, 1.54) is 0 Å². The Labute approximate surface area is 185 Å². The standard InChI is InChI=1S/C24H35FN4O2/c1-18(2)17-31-21-7-5-19(6-8-21)13-26-24(30)29(15-20-9-11-27(3)14-20)23-10-12-28(4)16-22(23)25/h5-9,11,14,18,22-23H,10,12-13,15-17H2,1-4H3,(H,26,30)/t22-,23+/m0/s1. The molecule has 2 amide bonds. The summed E-state index contributed by atoms with van der Waals surface area (Å²) in [6.45, 7) is 6.80. The zero-order valence-corrected chi connectivity index (χ0v) is 19.1. The molecule has 7 heteroatoms. The van der Waals surface area contributed by atoms with E-state index in [1.54, 1.807) is 4.90 Å². The number of benzene rings is 1. The van der Waals surface area contributed by atoms with E-state index in [0.29, 0.717) is 38.6 Å². The van der Waals surface area contributed by atoms with Crippen molar-refractivity contribution in [1.29, 1.82) is 0 Å². The molecule has 0 bridgehead atoms. The molecule has 1 aliphatic heterocycles. The fourth-order valence-electron chi connectivity index (χ4n) is 3.83. The summed E-state index contributed by atoms with van der Waals surface area (Å²) >= 11 is 0. The zero-order chi connectivity index (χ0) is 22.4. The smallest absolute Gasteiger partial charge is 0.318 e. The van der Waals surface area contributed by atoms with Gasteiger partial charge < -0.3 is 24.4 Å². The van der Waals surface area contributed by atoms with Gasteiger partial charge in [0.25, 0.3) is 0 Å². The second-order valence-corrected chi connectivity index (χ2v) is 8.95. The van der Waals surface area contributed by atoms with Gasteiger partial charge in [0.1, 0.15) is 11.9 Å². The molecule has 2 heterocycles. The van der Waals surface area contributed by atoms with E-state index in [-0.39, 0.29) is 6.03 Å². The van der Waals surface area contributed by atoms with Crippen LogP contribution in [0.5, 0.6) is 5.75 Å². The van der Waals surface area contributed by atoms with Gasteiger partial charge in [-0.1, -0.05) is 26.0 Å². The monoisotopic (exact) mass is 430 g/mol. The number of amides is 2. The number of halogens is 1. The molecule has 0 aliphatic carbocycles. The first kappa shape index (κ1) is 23.1. The fourth-order valence-corrected chi connectivity index (χ4v) is 3.83. The lowest BCUT2D eigenvalue weighted by Crippen LogP contribution is -2.55. The van der Waals surface area contributed by atoms with Gasteiger partial charge in [-0.2, -0.15) is 0 Å². The van der Waals surface area contributed by atoms with Crippen LogP contribution in [0.1, 0.15) is 31.4 Å². The Bertz CT molecular complexity index is 836. The summed E-state index contributed by atoms with van der Waals surface area (Å²) in [5.41, 5.74) is 1.97. The molecule has 1 aliphatic rings. The summed E-state index contributed by atoms with van der Waals surface area (Å²) in [7, 11) is 3.86. The minimum atomic E-state index is -1.06. The number of aryl methyl sites for hydroxylation is 1. The Balaban J connectivity index is 1.63. The van der Waals surface area contributed by atoms with Crippen molar-refractivity contribution < 1.29 is 13.9 Å².